The van der Waals surface area contributed by atoms with Gasteiger partial charge in [-0.25, -0.2) is 0 Å². The summed E-state index contributed by atoms with van der Waals surface area (Å²) in [5.41, 5.74) is 0. The maximum absolute atomic E-state index is 11.9. The Balaban J connectivity index is 1.84. The number of ether oxygens (including phenoxy) is 1. The third-order valence-electron chi connectivity index (χ3n) is 4.02. The number of nitrogens with one attached hydrogen (secondary N) is 1. The van der Waals surface area contributed by atoms with Crippen molar-refractivity contribution < 1.29 is 9.53 Å². The first-order valence-electron chi connectivity index (χ1n) is 6.72. The fourth-order valence-corrected chi connectivity index (χ4v) is 2.90. The molecule has 1 N–H and O–H groups in total. The van der Waals surface area contributed by atoms with Gasteiger partial charge in [0.2, 0.25) is 0 Å². The minimum atomic E-state index is 0.0374. The average molecular weight is 225 g/mol. The number of hydrogen-bond acceptors (Lipinski definition) is 3. The van der Waals surface area contributed by atoms with Gasteiger partial charge in [0.25, 0.3) is 0 Å². The van der Waals surface area contributed by atoms with Crippen molar-refractivity contribution in [3.63, 3.8) is 0 Å². The lowest BCUT2D eigenvalue weighted by Crippen LogP contribution is -2.32. The maximum atomic E-state index is 11.9. The van der Waals surface area contributed by atoms with E-state index in [-0.39, 0.29) is 18.0 Å². The topological polar surface area (TPSA) is 38.3 Å². The molecular weight excluding hydrogens is 202 g/mol. The molecule has 16 heavy (non-hydrogen) atoms. The minimum absolute atomic E-state index is 0.0374. The molecule has 0 aromatic carbocycles. The molecule has 3 heteroatoms. The Morgan fingerprint density at radius 2 is 2.12 bits per heavy atom. The largest absolute Gasteiger partial charge is 0.462 e. The highest BCUT2D eigenvalue weighted by Gasteiger charge is 2.30. The first kappa shape index (κ1) is 11.9. The van der Waals surface area contributed by atoms with E-state index in [2.05, 4.69) is 12.2 Å². The van der Waals surface area contributed by atoms with Crippen LogP contribution in [0.1, 0.15) is 45.4 Å². The molecule has 3 nitrogen and oxygen atoms in total. The van der Waals surface area contributed by atoms with Gasteiger partial charge in [0.1, 0.15) is 6.10 Å². The van der Waals surface area contributed by atoms with Crippen LogP contribution in [0, 0.1) is 11.8 Å². The van der Waals surface area contributed by atoms with Gasteiger partial charge < -0.3 is 10.1 Å². The summed E-state index contributed by atoms with van der Waals surface area (Å²) >= 11 is 0. The number of carbonyl (C=O) groups excluding carboxylic acids is 1. The lowest BCUT2D eigenvalue weighted by molar-refractivity contribution is -0.158. The van der Waals surface area contributed by atoms with Crippen molar-refractivity contribution in [1.29, 1.82) is 0 Å². The Bertz CT molecular complexity index is 236. The SMILES string of the molecule is CCC1CCCCC1OC(=O)C1CCNC1. The van der Waals surface area contributed by atoms with Crippen molar-refractivity contribution in [2.24, 2.45) is 11.8 Å². The summed E-state index contributed by atoms with van der Waals surface area (Å²) in [4.78, 5) is 11.9. The monoisotopic (exact) mass is 225 g/mol. The molecule has 0 radical (unpaired) electrons. The van der Waals surface area contributed by atoms with Gasteiger partial charge in [-0.15, -0.1) is 0 Å². The molecule has 3 unspecified atom stereocenters. The Labute approximate surface area is 97.9 Å². The Hall–Kier alpha value is -0.570. The van der Waals surface area contributed by atoms with E-state index >= 15 is 0 Å². The van der Waals surface area contributed by atoms with E-state index in [9.17, 15) is 4.79 Å². The van der Waals surface area contributed by atoms with Crippen molar-refractivity contribution in [3.05, 3.63) is 0 Å². The number of esters is 1. The predicted octanol–water partition coefficient (Wildman–Crippen LogP) is 2.11. The molecular formula is C13H23NO2. The molecule has 1 aliphatic carbocycles. The standard InChI is InChI=1S/C13H23NO2/c1-2-10-5-3-4-6-12(10)16-13(15)11-7-8-14-9-11/h10-12,14H,2-9H2,1H3. The maximum Gasteiger partial charge on any atom is 0.310 e. The molecule has 1 heterocycles. The first-order valence-corrected chi connectivity index (χ1v) is 6.72. The van der Waals surface area contributed by atoms with E-state index in [1.807, 2.05) is 0 Å². The molecule has 2 aliphatic rings. The van der Waals surface area contributed by atoms with Gasteiger partial charge in [0.05, 0.1) is 5.92 Å². The molecule has 2 fully saturated rings. The van der Waals surface area contributed by atoms with Gasteiger partial charge in [0.15, 0.2) is 0 Å². The van der Waals surface area contributed by atoms with E-state index in [1.165, 1.54) is 19.3 Å². The fraction of sp³-hybridized carbons (Fsp3) is 0.923. The lowest BCUT2D eigenvalue weighted by Gasteiger charge is -2.31. The zero-order valence-electron chi connectivity index (χ0n) is 10.2. The lowest BCUT2D eigenvalue weighted by atomic mass is 9.84. The second-order valence-corrected chi connectivity index (χ2v) is 5.12. The molecule has 0 aromatic rings. The zero-order valence-corrected chi connectivity index (χ0v) is 10.2. The molecule has 2 rings (SSSR count). The van der Waals surface area contributed by atoms with Crippen LogP contribution in [0.25, 0.3) is 0 Å². The molecule has 1 aliphatic heterocycles. The van der Waals surface area contributed by atoms with Crippen LogP contribution in [-0.2, 0) is 9.53 Å². The average Bonchev–Trinajstić information content (AvgIpc) is 2.83. The van der Waals surface area contributed by atoms with Gasteiger partial charge >= 0.3 is 5.97 Å². The van der Waals surface area contributed by atoms with Gasteiger partial charge in [-0.05, 0) is 44.6 Å². The third kappa shape index (κ3) is 2.76. The van der Waals surface area contributed by atoms with Crippen molar-refractivity contribution in [3.8, 4) is 0 Å². The molecule has 0 aromatic heterocycles. The number of rotatable bonds is 3. The molecule has 0 amide bonds. The van der Waals surface area contributed by atoms with Crippen LogP contribution in [0.5, 0.6) is 0 Å². The van der Waals surface area contributed by atoms with Crippen LogP contribution < -0.4 is 5.32 Å². The van der Waals surface area contributed by atoms with Gasteiger partial charge in [-0.3, -0.25) is 4.79 Å². The summed E-state index contributed by atoms with van der Waals surface area (Å²) in [6, 6.07) is 0. The van der Waals surface area contributed by atoms with Crippen LogP contribution >= 0.6 is 0 Å². The Kier molecular flexibility index (Phi) is 4.22. The highest BCUT2D eigenvalue weighted by atomic mass is 16.5. The zero-order chi connectivity index (χ0) is 11.4. The minimum Gasteiger partial charge on any atom is -0.462 e. The highest BCUT2D eigenvalue weighted by Crippen LogP contribution is 2.30. The van der Waals surface area contributed by atoms with Gasteiger partial charge in [-0.1, -0.05) is 13.3 Å². The molecule has 3 atom stereocenters. The Morgan fingerprint density at radius 3 is 2.81 bits per heavy atom. The summed E-state index contributed by atoms with van der Waals surface area (Å²) in [5, 5.41) is 3.21. The van der Waals surface area contributed by atoms with Crippen LogP contribution in [0.2, 0.25) is 0 Å². The van der Waals surface area contributed by atoms with Crippen LogP contribution in [0.4, 0.5) is 0 Å². The summed E-state index contributed by atoms with van der Waals surface area (Å²) in [5.74, 6) is 0.752. The van der Waals surface area contributed by atoms with Crippen molar-refractivity contribution >= 4 is 5.97 Å². The summed E-state index contributed by atoms with van der Waals surface area (Å²) < 4.78 is 5.70. The molecule has 92 valence electrons. The van der Waals surface area contributed by atoms with E-state index in [0.29, 0.717) is 5.92 Å². The van der Waals surface area contributed by atoms with E-state index in [0.717, 1.165) is 32.4 Å². The third-order valence-corrected chi connectivity index (χ3v) is 4.02. The van der Waals surface area contributed by atoms with Gasteiger partial charge in [0, 0.05) is 6.54 Å². The fourth-order valence-electron chi connectivity index (χ4n) is 2.90. The van der Waals surface area contributed by atoms with Crippen molar-refractivity contribution in [2.75, 3.05) is 13.1 Å². The molecule has 0 spiro atoms. The molecule has 1 saturated carbocycles. The van der Waals surface area contributed by atoms with Crippen LogP contribution in [-0.4, -0.2) is 25.2 Å². The first-order chi connectivity index (χ1) is 7.81. The van der Waals surface area contributed by atoms with Gasteiger partial charge in [-0.2, -0.15) is 0 Å². The number of carbonyl (C=O) groups is 1. The number of hydrogen-bond donors (Lipinski definition) is 1. The van der Waals surface area contributed by atoms with Crippen LogP contribution in [0.15, 0.2) is 0 Å². The summed E-state index contributed by atoms with van der Waals surface area (Å²) in [6.45, 7) is 3.97. The van der Waals surface area contributed by atoms with Crippen molar-refractivity contribution in [1.82, 2.24) is 5.32 Å². The smallest absolute Gasteiger partial charge is 0.310 e. The summed E-state index contributed by atoms with van der Waals surface area (Å²) in [7, 11) is 0. The molecule has 1 saturated heterocycles. The van der Waals surface area contributed by atoms with E-state index < -0.39 is 0 Å². The quantitative estimate of drug-likeness (QED) is 0.748. The normalized spacial score (nSPS) is 34.9. The Morgan fingerprint density at radius 1 is 1.31 bits per heavy atom. The second kappa shape index (κ2) is 5.67. The molecule has 0 bridgehead atoms. The highest BCUT2D eigenvalue weighted by molar-refractivity contribution is 5.73. The predicted molar refractivity (Wildman–Crippen MR) is 63.1 cm³/mol. The van der Waals surface area contributed by atoms with E-state index in [4.69, 9.17) is 4.74 Å². The van der Waals surface area contributed by atoms with E-state index in [1.54, 1.807) is 0 Å². The summed E-state index contributed by atoms with van der Waals surface area (Å²) in [6.07, 6.45) is 7.12. The van der Waals surface area contributed by atoms with Crippen molar-refractivity contribution in [2.45, 2.75) is 51.6 Å². The van der Waals surface area contributed by atoms with Crippen LogP contribution in [0.3, 0.4) is 0 Å². The second-order valence-electron chi connectivity index (χ2n) is 5.12.